The Balaban J connectivity index is 1.84. The van der Waals surface area contributed by atoms with E-state index in [4.69, 9.17) is 0 Å². The number of nitrogens with zero attached hydrogens (tertiary/aromatic N) is 1. The van der Waals surface area contributed by atoms with E-state index < -0.39 is 0 Å². The number of urea groups is 1. The van der Waals surface area contributed by atoms with Crippen molar-refractivity contribution in [2.24, 2.45) is 5.92 Å². The van der Waals surface area contributed by atoms with Gasteiger partial charge in [0.05, 0.1) is 0 Å². The summed E-state index contributed by atoms with van der Waals surface area (Å²) in [7, 11) is 2.01. The molecule has 1 aromatic carbocycles. The van der Waals surface area contributed by atoms with Crippen molar-refractivity contribution in [2.45, 2.75) is 32.4 Å². The van der Waals surface area contributed by atoms with Gasteiger partial charge in [-0.15, -0.1) is 0 Å². The standard InChI is InChI=1S/C16H25N3O/c1-3-14-12-19(10-9-15(14)17-2)16(20)18-11-13-7-5-4-6-8-13/h4-8,14-15,17H,3,9-12H2,1-2H3,(H,18,20). The van der Waals surface area contributed by atoms with Crippen molar-refractivity contribution in [3.63, 3.8) is 0 Å². The Morgan fingerprint density at radius 1 is 1.35 bits per heavy atom. The minimum absolute atomic E-state index is 0.0573. The fraction of sp³-hybridized carbons (Fsp3) is 0.562. The third-order valence-corrected chi connectivity index (χ3v) is 4.20. The molecule has 2 amide bonds. The van der Waals surface area contributed by atoms with E-state index in [1.54, 1.807) is 0 Å². The van der Waals surface area contributed by atoms with E-state index in [1.165, 1.54) is 0 Å². The van der Waals surface area contributed by atoms with E-state index in [0.29, 0.717) is 18.5 Å². The molecule has 0 radical (unpaired) electrons. The molecule has 0 bridgehead atoms. The lowest BCUT2D eigenvalue weighted by molar-refractivity contribution is 0.144. The Labute approximate surface area is 121 Å². The molecular formula is C16H25N3O. The third-order valence-electron chi connectivity index (χ3n) is 4.20. The molecule has 2 atom stereocenters. The summed E-state index contributed by atoms with van der Waals surface area (Å²) in [5.74, 6) is 0.552. The molecule has 4 heteroatoms. The Morgan fingerprint density at radius 2 is 2.10 bits per heavy atom. The summed E-state index contributed by atoms with van der Waals surface area (Å²) < 4.78 is 0. The minimum Gasteiger partial charge on any atom is -0.334 e. The van der Waals surface area contributed by atoms with Gasteiger partial charge in [-0.1, -0.05) is 43.7 Å². The summed E-state index contributed by atoms with van der Waals surface area (Å²) in [6, 6.07) is 10.6. The van der Waals surface area contributed by atoms with Crippen LogP contribution >= 0.6 is 0 Å². The van der Waals surface area contributed by atoms with Gasteiger partial charge in [-0.25, -0.2) is 4.79 Å². The number of likely N-dealkylation sites (tertiary alicyclic amines) is 1. The van der Waals surface area contributed by atoms with E-state index in [0.717, 1.165) is 31.5 Å². The van der Waals surface area contributed by atoms with Gasteiger partial charge in [0.25, 0.3) is 0 Å². The number of amides is 2. The highest BCUT2D eigenvalue weighted by Gasteiger charge is 2.29. The van der Waals surface area contributed by atoms with Crippen molar-refractivity contribution >= 4 is 6.03 Å². The van der Waals surface area contributed by atoms with E-state index in [9.17, 15) is 4.79 Å². The van der Waals surface area contributed by atoms with Crippen molar-refractivity contribution < 1.29 is 4.79 Å². The van der Waals surface area contributed by atoms with E-state index in [-0.39, 0.29) is 6.03 Å². The molecule has 2 N–H and O–H groups in total. The molecule has 20 heavy (non-hydrogen) atoms. The SMILES string of the molecule is CCC1CN(C(=O)NCc2ccccc2)CCC1NC. The molecular weight excluding hydrogens is 250 g/mol. The zero-order chi connectivity index (χ0) is 14.4. The summed E-state index contributed by atoms with van der Waals surface area (Å²) in [5, 5.41) is 6.38. The maximum absolute atomic E-state index is 12.2. The quantitative estimate of drug-likeness (QED) is 0.885. The van der Waals surface area contributed by atoms with Gasteiger partial charge in [0.2, 0.25) is 0 Å². The minimum atomic E-state index is 0.0573. The fourth-order valence-corrected chi connectivity index (χ4v) is 2.90. The molecule has 0 aliphatic carbocycles. The number of nitrogens with one attached hydrogen (secondary N) is 2. The van der Waals surface area contributed by atoms with E-state index in [2.05, 4.69) is 17.6 Å². The van der Waals surface area contributed by atoms with Gasteiger partial charge >= 0.3 is 6.03 Å². The van der Waals surface area contributed by atoms with Crippen LogP contribution in [0.3, 0.4) is 0 Å². The smallest absolute Gasteiger partial charge is 0.317 e. The molecule has 4 nitrogen and oxygen atoms in total. The molecule has 0 saturated carbocycles. The predicted molar refractivity (Wildman–Crippen MR) is 81.5 cm³/mol. The van der Waals surface area contributed by atoms with Gasteiger partial charge in [-0.05, 0) is 24.9 Å². The largest absolute Gasteiger partial charge is 0.334 e. The van der Waals surface area contributed by atoms with E-state index in [1.807, 2.05) is 42.3 Å². The zero-order valence-corrected chi connectivity index (χ0v) is 12.4. The molecule has 2 rings (SSSR count). The predicted octanol–water partition coefficient (Wildman–Crippen LogP) is 2.22. The second kappa shape index (κ2) is 7.29. The van der Waals surface area contributed by atoms with Crippen molar-refractivity contribution in [3.05, 3.63) is 35.9 Å². The van der Waals surface area contributed by atoms with Gasteiger partial charge in [-0.2, -0.15) is 0 Å². The van der Waals surface area contributed by atoms with Gasteiger partial charge in [-0.3, -0.25) is 0 Å². The van der Waals surface area contributed by atoms with Crippen LogP contribution in [0.1, 0.15) is 25.3 Å². The molecule has 1 fully saturated rings. The Bertz CT molecular complexity index is 421. The molecule has 0 aromatic heterocycles. The first kappa shape index (κ1) is 14.9. The van der Waals surface area contributed by atoms with Gasteiger partial charge in [0.1, 0.15) is 0 Å². The number of hydrogen-bond acceptors (Lipinski definition) is 2. The number of benzene rings is 1. The summed E-state index contributed by atoms with van der Waals surface area (Å²) >= 11 is 0. The van der Waals surface area contributed by atoms with Crippen LogP contribution in [0.25, 0.3) is 0 Å². The van der Waals surface area contributed by atoms with Crippen LogP contribution in [0.2, 0.25) is 0 Å². The molecule has 0 spiro atoms. The molecule has 1 saturated heterocycles. The number of piperidine rings is 1. The molecule has 1 aromatic rings. The Kier molecular flexibility index (Phi) is 5.41. The third kappa shape index (κ3) is 3.73. The van der Waals surface area contributed by atoms with Crippen molar-refractivity contribution in [2.75, 3.05) is 20.1 Å². The first-order valence-corrected chi connectivity index (χ1v) is 7.48. The molecule has 1 aliphatic heterocycles. The van der Waals surface area contributed by atoms with Crippen LogP contribution in [0.5, 0.6) is 0 Å². The maximum atomic E-state index is 12.2. The summed E-state index contributed by atoms with van der Waals surface area (Å²) in [6.45, 7) is 4.48. The van der Waals surface area contributed by atoms with Crippen LogP contribution in [-0.2, 0) is 6.54 Å². The number of hydrogen-bond donors (Lipinski definition) is 2. The maximum Gasteiger partial charge on any atom is 0.317 e. The first-order chi connectivity index (χ1) is 9.74. The Morgan fingerprint density at radius 3 is 2.75 bits per heavy atom. The average Bonchev–Trinajstić information content (AvgIpc) is 2.52. The van der Waals surface area contributed by atoms with Crippen molar-refractivity contribution in [3.8, 4) is 0 Å². The molecule has 110 valence electrons. The fourth-order valence-electron chi connectivity index (χ4n) is 2.90. The second-order valence-electron chi connectivity index (χ2n) is 5.44. The monoisotopic (exact) mass is 275 g/mol. The number of carbonyl (C=O) groups is 1. The highest BCUT2D eigenvalue weighted by molar-refractivity contribution is 5.74. The number of carbonyl (C=O) groups excluding carboxylic acids is 1. The Hall–Kier alpha value is -1.55. The van der Waals surface area contributed by atoms with Crippen LogP contribution in [0.4, 0.5) is 4.79 Å². The highest BCUT2D eigenvalue weighted by atomic mass is 16.2. The lowest BCUT2D eigenvalue weighted by Gasteiger charge is -2.38. The average molecular weight is 275 g/mol. The van der Waals surface area contributed by atoms with Crippen LogP contribution in [-0.4, -0.2) is 37.1 Å². The van der Waals surface area contributed by atoms with Gasteiger partial charge in [0, 0.05) is 25.7 Å². The molecule has 1 heterocycles. The second-order valence-corrected chi connectivity index (χ2v) is 5.44. The lowest BCUT2D eigenvalue weighted by atomic mass is 9.90. The van der Waals surface area contributed by atoms with Crippen LogP contribution < -0.4 is 10.6 Å². The summed E-state index contributed by atoms with van der Waals surface area (Å²) in [5.41, 5.74) is 1.14. The molecule has 2 unspecified atom stereocenters. The van der Waals surface area contributed by atoms with Gasteiger partial charge in [0.15, 0.2) is 0 Å². The summed E-state index contributed by atoms with van der Waals surface area (Å²) in [4.78, 5) is 14.2. The van der Waals surface area contributed by atoms with Gasteiger partial charge < -0.3 is 15.5 Å². The molecule has 1 aliphatic rings. The topological polar surface area (TPSA) is 44.4 Å². The van der Waals surface area contributed by atoms with Crippen LogP contribution in [0.15, 0.2) is 30.3 Å². The van der Waals surface area contributed by atoms with Crippen molar-refractivity contribution in [1.29, 1.82) is 0 Å². The lowest BCUT2D eigenvalue weighted by Crippen LogP contribution is -2.52. The normalized spacial score (nSPS) is 22.6. The highest BCUT2D eigenvalue weighted by Crippen LogP contribution is 2.20. The first-order valence-electron chi connectivity index (χ1n) is 7.48. The van der Waals surface area contributed by atoms with Crippen molar-refractivity contribution in [1.82, 2.24) is 15.5 Å². The zero-order valence-electron chi connectivity index (χ0n) is 12.4. The number of rotatable bonds is 4. The van der Waals surface area contributed by atoms with E-state index >= 15 is 0 Å². The van der Waals surface area contributed by atoms with Crippen LogP contribution in [0, 0.1) is 5.92 Å². The summed E-state index contributed by atoms with van der Waals surface area (Å²) in [6.07, 6.45) is 2.14.